The Labute approximate surface area is 133 Å². The molecule has 0 fully saturated rings. The van der Waals surface area contributed by atoms with Crippen LogP contribution in [0.15, 0.2) is 0 Å². The SMILES string of the molecule is CCCCOC[C@@](C)(O)CCc1c(C)c(O)c(C)c(C)c1O. The van der Waals surface area contributed by atoms with E-state index in [0.29, 0.717) is 41.7 Å². The molecule has 0 aromatic heterocycles. The van der Waals surface area contributed by atoms with Gasteiger partial charge in [0.25, 0.3) is 0 Å². The van der Waals surface area contributed by atoms with Gasteiger partial charge < -0.3 is 20.1 Å². The topological polar surface area (TPSA) is 69.9 Å². The quantitative estimate of drug-likeness (QED) is 0.507. The molecular weight excluding hydrogens is 280 g/mol. The van der Waals surface area contributed by atoms with Crippen LogP contribution in [0.4, 0.5) is 0 Å². The molecule has 0 heterocycles. The number of hydrogen-bond donors (Lipinski definition) is 3. The second-order valence-corrected chi connectivity index (χ2v) is 6.45. The number of rotatable bonds is 8. The van der Waals surface area contributed by atoms with Gasteiger partial charge in [-0.1, -0.05) is 13.3 Å². The van der Waals surface area contributed by atoms with Crippen molar-refractivity contribution in [2.24, 2.45) is 0 Å². The summed E-state index contributed by atoms with van der Waals surface area (Å²) < 4.78 is 5.49. The molecule has 1 aromatic rings. The van der Waals surface area contributed by atoms with E-state index in [1.165, 1.54) is 0 Å². The van der Waals surface area contributed by atoms with E-state index < -0.39 is 5.60 Å². The van der Waals surface area contributed by atoms with Gasteiger partial charge in [0.05, 0.1) is 12.2 Å². The molecule has 4 heteroatoms. The van der Waals surface area contributed by atoms with E-state index in [-0.39, 0.29) is 18.1 Å². The lowest BCUT2D eigenvalue weighted by molar-refractivity contribution is -0.0391. The summed E-state index contributed by atoms with van der Waals surface area (Å²) in [7, 11) is 0. The van der Waals surface area contributed by atoms with Gasteiger partial charge >= 0.3 is 0 Å². The maximum Gasteiger partial charge on any atom is 0.122 e. The Morgan fingerprint density at radius 1 is 1.00 bits per heavy atom. The molecule has 1 aromatic carbocycles. The van der Waals surface area contributed by atoms with Gasteiger partial charge in [-0.15, -0.1) is 0 Å². The molecule has 0 radical (unpaired) electrons. The van der Waals surface area contributed by atoms with Crippen LogP contribution in [-0.4, -0.2) is 34.1 Å². The van der Waals surface area contributed by atoms with Gasteiger partial charge in [-0.2, -0.15) is 0 Å². The van der Waals surface area contributed by atoms with Crippen LogP contribution in [0.1, 0.15) is 55.4 Å². The lowest BCUT2D eigenvalue weighted by atomic mass is 9.91. The standard InChI is InChI=1S/C18H30O4/c1-6-7-10-22-11-18(5,21)9-8-15-14(4)16(19)12(2)13(3)17(15)20/h19-21H,6-11H2,1-5H3/t18-/m0/s1. The lowest BCUT2D eigenvalue weighted by Crippen LogP contribution is -2.31. The molecule has 0 aliphatic rings. The summed E-state index contributed by atoms with van der Waals surface area (Å²) in [5, 5.41) is 30.8. The molecule has 1 atom stereocenters. The van der Waals surface area contributed by atoms with E-state index in [9.17, 15) is 15.3 Å². The maximum atomic E-state index is 10.4. The molecule has 0 amide bonds. The van der Waals surface area contributed by atoms with Gasteiger partial charge in [-0.3, -0.25) is 0 Å². The first-order chi connectivity index (χ1) is 10.2. The third kappa shape index (κ3) is 4.62. The second kappa shape index (κ2) is 7.84. The van der Waals surface area contributed by atoms with E-state index in [1.807, 2.05) is 0 Å². The monoisotopic (exact) mass is 310 g/mol. The zero-order valence-corrected chi connectivity index (χ0v) is 14.5. The molecule has 4 nitrogen and oxygen atoms in total. The van der Waals surface area contributed by atoms with E-state index in [4.69, 9.17) is 4.74 Å². The molecule has 0 saturated heterocycles. The summed E-state index contributed by atoms with van der Waals surface area (Å²) in [6.45, 7) is 10.2. The largest absolute Gasteiger partial charge is 0.507 e. The number of phenols is 2. The Kier molecular flexibility index (Phi) is 6.69. The molecule has 0 aliphatic heterocycles. The highest BCUT2D eigenvalue weighted by atomic mass is 16.5. The fourth-order valence-corrected chi connectivity index (χ4v) is 2.49. The van der Waals surface area contributed by atoms with E-state index in [0.717, 1.165) is 12.8 Å². The summed E-state index contributed by atoms with van der Waals surface area (Å²) >= 11 is 0. The molecule has 0 unspecified atom stereocenters. The van der Waals surface area contributed by atoms with E-state index in [2.05, 4.69) is 6.92 Å². The molecule has 22 heavy (non-hydrogen) atoms. The highest BCUT2D eigenvalue weighted by molar-refractivity contribution is 5.56. The van der Waals surface area contributed by atoms with Gasteiger partial charge in [-0.05, 0) is 63.6 Å². The summed E-state index contributed by atoms with van der Waals surface area (Å²) in [5.74, 6) is 0.444. The number of hydrogen-bond acceptors (Lipinski definition) is 4. The van der Waals surface area contributed by atoms with Gasteiger partial charge in [-0.25, -0.2) is 0 Å². The number of unbranched alkanes of at least 4 members (excludes halogenated alkanes) is 1. The van der Waals surface area contributed by atoms with Crippen molar-refractivity contribution in [3.8, 4) is 11.5 Å². The van der Waals surface area contributed by atoms with Crippen LogP contribution in [0.25, 0.3) is 0 Å². The molecule has 0 aliphatic carbocycles. The van der Waals surface area contributed by atoms with Crippen LogP contribution >= 0.6 is 0 Å². The molecular formula is C18H30O4. The predicted molar refractivity (Wildman–Crippen MR) is 88.7 cm³/mol. The Morgan fingerprint density at radius 2 is 1.59 bits per heavy atom. The van der Waals surface area contributed by atoms with Crippen molar-refractivity contribution in [1.29, 1.82) is 0 Å². The van der Waals surface area contributed by atoms with Crippen molar-refractivity contribution in [3.05, 3.63) is 22.3 Å². The molecule has 1 rings (SSSR count). The van der Waals surface area contributed by atoms with Crippen LogP contribution < -0.4 is 0 Å². The maximum absolute atomic E-state index is 10.4. The highest BCUT2D eigenvalue weighted by Crippen LogP contribution is 2.37. The van der Waals surface area contributed by atoms with Crippen LogP contribution in [0, 0.1) is 20.8 Å². The molecule has 0 bridgehead atoms. The lowest BCUT2D eigenvalue weighted by Gasteiger charge is -2.24. The molecule has 0 spiro atoms. The minimum Gasteiger partial charge on any atom is -0.507 e. The zero-order chi connectivity index (χ0) is 16.9. The third-order valence-corrected chi connectivity index (χ3v) is 4.34. The van der Waals surface area contributed by atoms with E-state index in [1.54, 1.807) is 27.7 Å². The van der Waals surface area contributed by atoms with Gasteiger partial charge in [0, 0.05) is 12.2 Å². The van der Waals surface area contributed by atoms with Crippen molar-refractivity contribution in [1.82, 2.24) is 0 Å². The summed E-state index contributed by atoms with van der Waals surface area (Å²) in [5.41, 5.74) is 1.84. The third-order valence-electron chi connectivity index (χ3n) is 4.34. The Balaban J connectivity index is 2.75. The smallest absolute Gasteiger partial charge is 0.122 e. The Morgan fingerprint density at radius 3 is 2.18 bits per heavy atom. The Bertz CT molecular complexity index is 477. The van der Waals surface area contributed by atoms with Crippen molar-refractivity contribution < 1.29 is 20.1 Å². The first kappa shape index (κ1) is 18.8. The highest BCUT2D eigenvalue weighted by Gasteiger charge is 2.23. The average Bonchev–Trinajstić information content (AvgIpc) is 2.47. The summed E-state index contributed by atoms with van der Waals surface area (Å²) in [6.07, 6.45) is 3.02. The summed E-state index contributed by atoms with van der Waals surface area (Å²) in [4.78, 5) is 0. The van der Waals surface area contributed by atoms with Gasteiger partial charge in [0.15, 0.2) is 0 Å². The van der Waals surface area contributed by atoms with Gasteiger partial charge in [0.1, 0.15) is 11.5 Å². The van der Waals surface area contributed by atoms with Crippen molar-refractivity contribution in [3.63, 3.8) is 0 Å². The van der Waals surface area contributed by atoms with Gasteiger partial charge in [0.2, 0.25) is 0 Å². The minimum atomic E-state index is -0.943. The van der Waals surface area contributed by atoms with Crippen LogP contribution in [0.5, 0.6) is 11.5 Å². The Hall–Kier alpha value is -1.26. The molecule has 0 saturated carbocycles. The number of aliphatic hydroxyl groups is 1. The fraction of sp³-hybridized carbons (Fsp3) is 0.667. The predicted octanol–water partition coefficient (Wildman–Crippen LogP) is 3.52. The first-order valence-corrected chi connectivity index (χ1v) is 8.02. The number of ether oxygens (including phenoxy) is 1. The average molecular weight is 310 g/mol. The molecule has 3 N–H and O–H groups in total. The summed E-state index contributed by atoms with van der Waals surface area (Å²) in [6, 6.07) is 0. The molecule has 126 valence electrons. The second-order valence-electron chi connectivity index (χ2n) is 6.45. The van der Waals surface area contributed by atoms with Crippen LogP contribution in [0.3, 0.4) is 0 Å². The zero-order valence-electron chi connectivity index (χ0n) is 14.5. The van der Waals surface area contributed by atoms with Crippen LogP contribution in [-0.2, 0) is 11.2 Å². The van der Waals surface area contributed by atoms with Crippen molar-refractivity contribution >= 4 is 0 Å². The number of benzene rings is 1. The fourth-order valence-electron chi connectivity index (χ4n) is 2.49. The van der Waals surface area contributed by atoms with Crippen molar-refractivity contribution in [2.45, 2.75) is 65.9 Å². The van der Waals surface area contributed by atoms with Crippen LogP contribution in [0.2, 0.25) is 0 Å². The number of phenolic OH excluding ortho intramolecular Hbond substituents is 2. The normalized spacial score (nSPS) is 14.1. The number of aromatic hydroxyl groups is 2. The first-order valence-electron chi connectivity index (χ1n) is 8.02. The van der Waals surface area contributed by atoms with E-state index >= 15 is 0 Å². The minimum absolute atomic E-state index is 0.218. The van der Waals surface area contributed by atoms with Crippen molar-refractivity contribution in [2.75, 3.05) is 13.2 Å².